The average Bonchev–Trinajstić information content (AvgIpc) is 2.55. The number of hydrogen-bond acceptors (Lipinski definition) is 2. The number of rotatable bonds is 3. The number of amides is 1. The van der Waals surface area contributed by atoms with Crippen LogP contribution in [0, 0.1) is 0 Å². The van der Waals surface area contributed by atoms with E-state index in [-0.39, 0.29) is 12.5 Å². The summed E-state index contributed by atoms with van der Waals surface area (Å²) in [4.78, 5) is 14.6. The van der Waals surface area contributed by atoms with Crippen LogP contribution in [0.1, 0.15) is 28.4 Å². The van der Waals surface area contributed by atoms with Gasteiger partial charge in [0.2, 0.25) is 0 Å². The number of fused-ring (bicyclic) bond motifs is 1. The SMILES string of the molecule is CC(CO)(c1ccccc1)N1CCc2ccccc2C1=O. The summed E-state index contributed by atoms with van der Waals surface area (Å²) < 4.78 is 0. The molecule has 1 unspecified atom stereocenters. The lowest BCUT2D eigenvalue weighted by Gasteiger charge is -2.43. The Morgan fingerprint density at radius 3 is 2.48 bits per heavy atom. The number of aliphatic hydroxyl groups excluding tert-OH is 1. The fraction of sp³-hybridized carbons (Fsp3) is 0.278. The predicted molar refractivity (Wildman–Crippen MR) is 82.1 cm³/mol. The van der Waals surface area contributed by atoms with Gasteiger partial charge in [0.05, 0.1) is 12.1 Å². The molecule has 0 bridgehead atoms. The molecule has 2 aromatic rings. The average molecular weight is 281 g/mol. The molecular formula is C18H19NO2. The van der Waals surface area contributed by atoms with Crippen molar-refractivity contribution in [1.29, 1.82) is 0 Å². The standard InChI is InChI=1S/C18H19NO2/c1-18(13-20,15-8-3-2-4-9-15)19-12-11-14-7-5-6-10-16(14)17(19)21/h2-10,20H,11-13H2,1H3. The summed E-state index contributed by atoms with van der Waals surface area (Å²) in [5.41, 5.74) is 2.11. The molecule has 0 aromatic heterocycles. The first-order valence-electron chi connectivity index (χ1n) is 7.23. The van der Waals surface area contributed by atoms with Crippen molar-refractivity contribution >= 4 is 5.91 Å². The maximum atomic E-state index is 12.8. The first-order chi connectivity index (χ1) is 10.2. The minimum Gasteiger partial charge on any atom is -0.394 e. The number of carbonyl (C=O) groups is 1. The van der Waals surface area contributed by atoms with Crippen molar-refractivity contribution in [3.05, 3.63) is 71.3 Å². The molecule has 0 saturated carbocycles. The Morgan fingerprint density at radius 2 is 1.76 bits per heavy atom. The number of hydrogen-bond donors (Lipinski definition) is 1. The van der Waals surface area contributed by atoms with Crippen LogP contribution in [0.3, 0.4) is 0 Å². The van der Waals surface area contributed by atoms with Gasteiger partial charge in [-0.1, -0.05) is 48.5 Å². The highest BCUT2D eigenvalue weighted by Crippen LogP contribution is 2.32. The van der Waals surface area contributed by atoms with Gasteiger partial charge in [0, 0.05) is 12.1 Å². The minimum absolute atomic E-state index is 0.00254. The fourth-order valence-electron chi connectivity index (χ4n) is 3.03. The van der Waals surface area contributed by atoms with Gasteiger partial charge < -0.3 is 10.0 Å². The molecule has 0 spiro atoms. The quantitative estimate of drug-likeness (QED) is 0.939. The highest BCUT2D eigenvalue weighted by molar-refractivity contribution is 5.97. The fourth-order valence-corrected chi connectivity index (χ4v) is 3.03. The van der Waals surface area contributed by atoms with Crippen molar-refractivity contribution in [3.63, 3.8) is 0 Å². The van der Waals surface area contributed by atoms with E-state index < -0.39 is 5.54 Å². The Morgan fingerprint density at radius 1 is 1.10 bits per heavy atom. The summed E-state index contributed by atoms with van der Waals surface area (Å²) in [6.45, 7) is 2.46. The molecular weight excluding hydrogens is 262 g/mol. The number of nitrogens with zero attached hydrogens (tertiary/aromatic N) is 1. The van der Waals surface area contributed by atoms with Crippen LogP contribution in [0.2, 0.25) is 0 Å². The second kappa shape index (κ2) is 5.34. The topological polar surface area (TPSA) is 40.5 Å². The van der Waals surface area contributed by atoms with Crippen molar-refractivity contribution in [2.45, 2.75) is 18.9 Å². The third-order valence-corrected chi connectivity index (χ3v) is 4.40. The largest absolute Gasteiger partial charge is 0.394 e. The van der Waals surface area contributed by atoms with E-state index in [0.717, 1.165) is 23.1 Å². The van der Waals surface area contributed by atoms with Gasteiger partial charge in [-0.2, -0.15) is 0 Å². The zero-order valence-corrected chi connectivity index (χ0v) is 12.1. The summed E-state index contributed by atoms with van der Waals surface area (Å²) in [6.07, 6.45) is 0.824. The first kappa shape index (κ1) is 13.8. The summed E-state index contributed by atoms with van der Waals surface area (Å²) in [5, 5.41) is 9.96. The molecule has 2 aromatic carbocycles. The van der Waals surface area contributed by atoms with Gasteiger partial charge in [0.1, 0.15) is 0 Å². The number of carbonyl (C=O) groups excluding carboxylic acids is 1. The van der Waals surface area contributed by atoms with Crippen LogP contribution >= 0.6 is 0 Å². The second-order valence-electron chi connectivity index (χ2n) is 5.66. The lowest BCUT2D eigenvalue weighted by molar-refractivity contribution is 0.0266. The smallest absolute Gasteiger partial charge is 0.254 e. The Bertz CT molecular complexity index is 653. The van der Waals surface area contributed by atoms with Crippen molar-refractivity contribution in [2.24, 2.45) is 0 Å². The Kier molecular flexibility index (Phi) is 3.52. The summed E-state index contributed by atoms with van der Waals surface area (Å²) >= 11 is 0. The Labute approximate surface area is 124 Å². The van der Waals surface area contributed by atoms with Gasteiger partial charge in [-0.3, -0.25) is 4.79 Å². The van der Waals surface area contributed by atoms with Gasteiger partial charge in [-0.05, 0) is 30.5 Å². The lowest BCUT2D eigenvalue weighted by atomic mass is 9.87. The molecule has 0 fully saturated rings. The lowest BCUT2D eigenvalue weighted by Crippen LogP contribution is -2.52. The molecule has 1 aliphatic heterocycles. The molecule has 108 valence electrons. The molecule has 0 saturated heterocycles. The van der Waals surface area contributed by atoms with E-state index in [1.54, 1.807) is 4.90 Å². The summed E-state index contributed by atoms with van der Waals surface area (Å²) in [6, 6.07) is 17.5. The van der Waals surface area contributed by atoms with Crippen LogP contribution in [-0.4, -0.2) is 29.1 Å². The Hall–Kier alpha value is -2.13. The van der Waals surface area contributed by atoms with E-state index in [1.165, 1.54) is 0 Å². The molecule has 21 heavy (non-hydrogen) atoms. The third kappa shape index (κ3) is 2.24. The molecule has 0 radical (unpaired) electrons. The van der Waals surface area contributed by atoms with Crippen LogP contribution in [-0.2, 0) is 12.0 Å². The van der Waals surface area contributed by atoms with Crippen LogP contribution in [0.5, 0.6) is 0 Å². The van der Waals surface area contributed by atoms with Crippen molar-refractivity contribution in [3.8, 4) is 0 Å². The van der Waals surface area contributed by atoms with Gasteiger partial charge in [0.25, 0.3) is 5.91 Å². The van der Waals surface area contributed by atoms with Crippen molar-refractivity contribution in [2.75, 3.05) is 13.2 Å². The molecule has 3 rings (SSSR count). The van der Waals surface area contributed by atoms with E-state index >= 15 is 0 Å². The van der Waals surface area contributed by atoms with Crippen molar-refractivity contribution < 1.29 is 9.90 Å². The van der Waals surface area contributed by atoms with Crippen LogP contribution in [0.25, 0.3) is 0 Å². The normalized spacial score (nSPS) is 17.2. The highest BCUT2D eigenvalue weighted by Gasteiger charge is 2.39. The predicted octanol–water partition coefficient (Wildman–Crippen LogP) is 2.59. The van der Waals surface area contributed by atoms with Crippen molar-refractivity contribution in [1.82, 2.24) is 4.90 Å². The maximum absolute atomic E-state index is 12.8. The maximum Gasteiger partial charge on any atom is 0.254 e. The molecule has 1 aliphatic rings. The molecule has 3 heteroatoms. The van der Waals surface area contributed by atoms with E-state index in [4.69, 9.17) is 0 Å². The van der Waals surface area contributed by atoms with Gasteiger partial charge >= 0.3 is 0 Å². The zero-order valence-electron chi connectivity index (χ0n) is 12.1. The summed E-state index contributed by atoms with van der Waals surface area (Å²) in [5.74, 6) is -0.00254. The van der Waals surface area contributed by atoms with Crippen LogP contribution in [0.4, 0.5) is 0 Å². The third-order valence-electron chi connectivity index (χ3n) is 4.40. The second-order valence-corrected chi connectivity index (χ2v) is 5.66. The number of aliphatic hydroxyl groups is 1. The molecule has 1 atom stereocenters. The Balaban J connectivity index is 2.02. The van der Waals surface area contributed by atoms with Crippen LogP contribution in [0.15, 0.2) is 54.6 Å². The minimum atomic E-state index is -0.689. The molecule has 3 nitrogen and oxygen atoms in total. The molecule has 1 N–H and O–H groups in total. The summed E-state index contributed by atoms with van der Waals surface area (Å²) in [7, 11) is 0. The highest BCUT2D eigenvalue weighted by atomic mass is 16.3. The molecule has 0 aliphatic carbocycles. The van der Waals surface area contributed by atoms with Crippen LogP contribution < -0.4 is 0 Å². The van der Waals surface area contributed by atoms with E-state index in [0.29, 0.717) is 6.54 Å². The van der Waals surface area contributed by atoms with E-state index in [1.807, 2.05) is 61.5 Å². The molecule has 1 amide bonds. The molecule has 1 heterocycles. The van der Waals surface area contributed by atoms with Gasteiger partial charge in [-0.15, -0.1) is 0 Å². The monoisotopic (exact) mass is 281 g/mol. The van der Waals surface area contributed by atoms with E-state index in [9.17, 15) is 9.90 Å². The zero-order chi connectivity index (χ0) is 14.9. The van der Waals surface area contributed by atoms with Gasteiger partial charge in [-0.25, -0.2) is 0 Å². The van der Waals surface area contributed by atoms with Gasteiger partial charge in [0.15, 0.2) is 0 Å². The van der Waals surface area contributed by atoms with E-state index in [2.05, 4.69) is 0 Å². The number of benzene rings is 2. The first-order valence-corrected chi connectivity index (χ1v) is 7.23.